The topological polar surface area (TPSA) is 300 Å². The number of carboxylic acids is 2. The van der Waals surface area contributed by atoms with Crippen molar-refractivity contribution in [2.75, 3.05) is 79.0 Å². The van der Waals surface area contributed by atoms with Crippen molar-refractivity contribution in [2.45, 2.75) is 185 Å². The molecule has 0 radical (unpaired) electrons. The Morgan fingerprint density at radius 3 is 1.42 bits per heavy atom. The molecule has 0 aromatic carbocycles. The maximum absolute atomic E-state index is 13.0. The van der Waals surface area contributed by atoms with Crippen molar-refractivity contribution < 1.29 is 67.5 Å². The largest absolute Gasteiger partial charge is 0.481 e. The number of nitrogens with one attached hydrogen (secondary N) is 5. The first-order chi connectivity index (χ1) is 34.8. The highest BCUT2D eigenvalue weighted by atomic mass is 31.0. The lowest BCUT2D eigenvalue weighted by Gasteiger charge is -2.28. The van der Waals surface area contributed by atoms with Gasteiger partial charge in [0.15, 0.2) is 5.52 Å². The molecule has 5 amide bonds. The van der Waals surface area contributed by atoms with E-state index in [1.165, 1.54) is 64.2 Å². The molecular formula is C51H93N6O14P. The van der Waals surface area contributed by atoms with Crippen molar-refractivity contribution in [3.63, 3.8) is 0 Å². The van der Waals surface area contributed by atoms with Crippen LogP contribution < -0.4 is 32.3 Å². The highest BCUT2D eigenvalue weighted by molar-refractivity contribution is 7.40. The van der Waals surface area contributed by atoms with Crippen molar-refractivity contribution >= 4 is 56.2 Å². The molecule has 20 nitrogen and oxygen atoms in total. The van der Waals surface area contributed by atoms with Gasteiger partial charge in [0.1, 0.15) is 19.3 Å². The molecule has 0 saturated heterocycles. The van der Waals surface area contributed by atoms with Gasteiger partial charge in [-0.25, -0.2) is 4.79 Å². The monoisotopic (exact) mass is 1040 g/mol. The fourth-order valence-electron chi connectivity index (χ4n) is 8.18. The molecule has 0 aromatic heterocycles. The van der Waals surface area contributed by atoms with Crippen molar-refractivity contribution in [3.8, 4) is 0 Å². The van der Waals surface area contributed by atoms with Gasteiger partial charge in [-0.3, -0.25) is 33.6 Å². The van der Waals surface area contributed by atoms with Gasteiger partial charge in [-0.1, -0.05) is 99.1 Å². The van der Waals surface area contributed by atoms with Crippen LogP contribution in [0.1, 0.15) is 173 Å². The number of hydrogen-bond acceptors (Lipinski definition) is 13. The molecule has 1 aliphatic rings. The molecule has 416 valence electrons. The van der Waals surface area contributed by atoms with E-state index < -0.39 is 24.0 Å². The van der Waals surface area contributed by atoms with Crippen molar-refractivity contribution in [3.05, 3.63) is 0 Å². The van der Waals surface area contributed by atoms with Crippen LogP contribution in [-0.4, -0.2) is 148 Å². The molecule has 3 atom stereocenters. The maximum Gasteiger partial charge on any atom is 0.326 e. The Balaban J connectivity index is 1.97. The van der Waals surface area contributed by atoms with Crippen LogP contribution in [0.3, 0.4) is 0 Å². The van der Waals surface area contributed by atoms with E-state index in [2.05, 4.69) is 35.8 Å². The number of ether oxygens (including phenoxy) is 4. The van der Waals surface area contributed by atoms with Gasteiger partial charge in [-0.2, -0.15) is 0 Å². The molecule has 0 spiro atoms. The summed E-state index contributed by atoms with van der Waals surface area (Å²) in [6.45, 7) is 2.49. The molecule has 0 bridgehead atoms. The van der Waals surface area contributed by atoms with Crippen LogP contribution in [0.15, 0.2) is 0 Å². The number of carboxylic acid groups (broad SMARTS) is 2. The van der Waals surface area contributed by atoms with E-state index in [4.69, 9.17) is 29.8 Å². The number of aliphatic carboxylic acids is 2. The Labute approximate surface area is 431 Å². The molecule has 0 aliphatic heterocycles. The summed E-state index contributed by atoms with van der Waals surface area (Å²) < 4.78 is 21.4. The van der Waals surface area contributed by atoms with E-state index in [1.807, 2.05) is 0 Å². The Bertz CT molecular complexity index is 1510. The number of carbonyl (C=O) groups is 8. The van der Waals surface area contributed by atoms with Gasteiger partial charge >= 0.3 is 11.9 Å². The summed E-state index contributed by atoms with van der Waals surface area (Å²) in [6.07, 6.45) is 24.1. The van der Waals surface area contributed by atoms with E-state index in [0.29, 0.717) is 45.2 Å². The number of nitrogens with two attached hydrogens (primary N) is 1. The molecular weight excluding hydrogens is 952 g/mol. The fraction of sp³-hybridized carbons (Fsp3) is 0.843. The van der Waals surface area contributed by atoms with Crippen molar-refractivity contribution in [2.24, 2.45) is 17.6 Å². The van der Waals surface area contributed by atoms with Crippen LogP contribution in [0.5, 0.6) is 0 Å². The van der Waals surface area contributed by atoms with E-state index in [-0.39, 0.29) is 132 Å². The average Bonchev–Trinajstić information content (AvgIpc) is 3.35. The molecule has 1 saturated carbocycles. The standard InChI is InChI=1S/C51H93N6O14P/c52-42(51(67)72)19-17-18-28-53-46(60)38-70-35-34-69-32-30-55-47(61)39-71-36-33-68-31-29-54-45(59)27-26-43(50(65)66)57-49(64)41-24-22-40(23-25-41)37-56-44(58)20-15-13-11-9-7-5-3-1-2-4-6-8-10-12-14-16-21-48(62)63/h40-43H,1-39,52,72H2,(H,53,60)(H,54,59)(H,55,61)(H,56,58)(H,57,64)(H,62,63)(H,65,66)/t40?,41?,42-,43?/m0/s1. The van der Waals surface area contributed by atoms with Crippen molar-refractivity contribution in [1.29, 1.82) is 0 Å². The second kappa shape index (κ2) is 45.8. The van der Waals surface area contributed by atoms with E-state index in [9.17, 15) is 43.5 Å². The summed E-state index contributed by atoms with van der Waals surface area (Å²) in [4.78, 5) is 95.1. The Kier molecular flexibility index (Phi) is 42.1. The lowest BCUT2D eigenvalue weighted by Crippen LogP contribution is -2.45. The number of amides is 5. The Morgan fingerprint density at radius 1 is 0.486 bits per heavy atom. The SMILES string of the molecule is N[C@@H](CCCCNC(=O)COCCOCCNC(=O)COCCOCCNC(=O)CCC(NC(=O)C1CCC(CNC(=O)CCCCCCCCCCCCCCCCCCC(=O)O)CC1)C(=O)O)C(=O)P. The first-order valence-electron chi connectivity index (χ1n) is 27.0. The lowest BCUT2D eigenvalue weighted by atomic mass is 9.81. The normalized spacial score (nSPS) is 15.2. The van der Waals surface area contributed by atoms with Crippen LogP contribution in [0.4, 0.5) is 0 Å². The summed E-state index contributed by atoms with van der Waals surface area (Å²) in [6, 6.07) is -1.68. The molecule has 1 rings (SSSR count). The third-order valence-electron chi connectivity index (χ3n) is 12.6. The Morgan fingerprint density at radius 2 is 0.931 bits per heavy atom. The average molecular weight is 1050 g/mol. The van der Waals surface area contributed by atoms with Crippen LogP contribution in [0.25, 0.3) is 0 Å². The third kappa shape index (κ3) is 40.6. The summed E-state index contributed by atoms with van der Waals surface area (Å²) >= 11 is 0. The predicted molar refractivity (Wildman–Crippen MR) is 277 cm³/mol. The quantitative estimate of drug-likeness (QED) is 0.0303. The maximum atomic E-state index is 13.0. The summed E-state index contributed by atoms with van der Waals surface area (Å²) in [5, 5.41) is 32.1. The minimum absolute atomic E-state index is 0.0573. The highest BCUT2D eigenvalue weighted by Gasteiger charge is 2.30. The summed E-state index contributed by atoms with van der Waals surface area (Å²) in [7, 11) is 2.07. The van der Waals surface area contributed by atoms with Crippen LogP contribution >= 0.6 is 9.24 Å². The van der Waals surface area contributed by atoms with Crippen molar-refractivity contribution in [1.82, 2.24) is 26.6 Å². The van der Waals surface area contributed by atoms with E-state index in [1.54, 1.807) is 0 Å². The number of carbonyl (C=O) groups excluding carboxylic acids is 6. The molecule has 9 N–H and O–H groups in total. The second-order valence-electron chi connectivity index (χ2n) is 18.9. The van der Waals surface area contributed by atoms with Gasteiger partial charge in [0.2, 0.25) is 29.5 Å². The molecule has 21 heteroatoms. The third-order valence-corrected chi connectivity index (χ3v) is 13.0. The first kappa shape index (κ1) is 66.2. The predicted octanol–water partition coefficient (Wildman–Crippen LogP) is 4.68. The van der Waals surface area contributed by atoms with Gasteiger partial charge in [0.25, 0.3) is 0 Å². The molecule has 0 heterocycles. The van der Waals surface area contributed by atoms with Gasteiger partial charge in [-0.05, 0) is 70.1 Å². The zero-order chi connectivity index (χ0) is 52.9. The minimum atomic E-state index is -1.20. The molecule has 0 aromatic rings. The molecule has 1 aliphatic carbocycles. The zero-order valence-corrected chi connectivity index (χ0v) is 44.5. The fourth-order valence-corrected chi connectivity index (χ4v) is 8.35. The summed E-state index contributed by atoms with van der Waals surface area (Å²) in [5.41, 5.74) is 5.53. The van der Waals surface area contributed by atoms with Crippen LogP contribution in [0, 0.1) is 11.8 Å². The van der Waals surface area contributed by atoms with Gasteiger partial charge in [-0.15, -0.1) is 0 Å². The number of hydrogen-bond donors (Lipinski definition) is 8. The zero-order valence-electron chi connectivity index (χ0n) is 43.3. The van der Waals surface area contributed by atoms with Gasteiger partial charge in [0, 0.05) is 51.4 Å². The molecule has 72 heavy (non-hydrogen) atoms. The van der Waals surface area contributed by atoms with Gasteiger partial charge in [0.05, 0.1) is 45.7 Å². The van der Waals surface area contributed by atoms with E-state index in [0.717, 1.165) is 57.8 Å². The second-order valence-corrected chi connectivity index (χ2v) is 19.5. The number of rotatable bonds is 49. The van der Waals surface area contributed by atoms with Crippen LogP contribution in [-0.2, 0) is 57.3 Å². The minimum Gasteiger partial charge on any atom is -0.481 e. The van der Waals surface area contributed by atoms with Gasteiger partial charge < -0.3 is 61.5 Å². The number of unbranched alkanes of at least 4 members (excludes halogenated alkanes) is 16. The van der Waals surface area contributed by atoms with E-state index >= 15 is 0 Å². The van der Waals surface area contributed by atoms with Crippen LogP contribution in [0.2, 0.25) is 0 Å². The Hall–Kier alpha value is -3.81. The molecule has 1 fully saturated rings. The highest BCUT2D eigenvalue weighted by Crippen LogP contribution is 2.29. The lowest BCUT2D eigenvalue weighted by molar-refractivity contribution is -0.143. The first-order valence-corrected chi connectivity index (χ1v) is 27.5. The smallest absolute Gasteiger partial charge is 0.326 e. The molecule has 2 unspecified atom stereocenters. The summed E-state index contributed by atoms with van der Waals surface area (Å²) in [5.74, 6) is -3.13.